The molecule has 0 radical (unpaired) electrons. The van der Waals surface area contributed by atoms with Gasteiger partial charge in [0.15, 0.2) is 0 Å². The van der Waals surface area contributed by atoms with Crippen molar-refractivity contribution in [1.29, 1.82) is 0 Å². The highest BCUT2D eigenvalue weighted by Gasteiger charge is 2.40. The van der Waals surface area contributed by atoms with Crippen LogP contribution in [0.4, 0.5) is 5.69 Å². The van der Waals surface area contributed by atoms with E-state index in [1.54, 1.807) is 13.0 Å². The molecular weight excluding hydrogens is 478 g/mol. The zero-order chi connectivity index (χ0) is 25.2. The summed E-state index contributed by atoms with van der Waals surface area (Å²) in [4.78, 5) is 58.1. The maximum Gasteiger partial charge on any atom is 0.309 e. The number of carbonyl (C=O) groups is 4. The second-order valence-corrected chi connectivity index (χ2v) is 10.6. The van der Waals surface area contributed by atoms with E-state index < -0.39 is 0 Å². The van der Waals surface area contributed by atoms with Crippen LogP contribution in [0.3, 0.4) is 0 Å². The quantitative estimate of drug-likeness (QED) is 0.437. The number of benzene rings is 1. The Labute approximate surface area is 214 Å². The second-order valence-electron chi connectivity index (χ2n) is 9.61. The number of piperidine rings is 2. The molecule has 0 aliphatic carbocycles. The molecule has 3 aliphatic heterocycles. The lowest BCUT2D eigenvalue weighted by Gasteiger charge is -2.38. The molecule has 0 bridgehead atoms. The van der Waals surface area contributed by atoms with Crippen molar-refractivity contribution in [1.82, 2.24) is 9.80 Å². The number of likely N-dealkylation sites (tertiary alicyclic amines) is 1. The van der Waals surface area contributed by atoms with Crippen LogP contribution in [-0.2, 0) is 20.9 Å². The van der Waals surface area contributed by atoms with Crippen molar-refractivity contribution in [3.8, 4) is 0 Å². The van der Waals surface area contributed by atoms with Crippen molar-refractivity contribution in [2.75, 3.05) is 37.7 Å². The first-order valence-electron chi connectivity index (χ1n) is 12.7. The zero-order valence-electron chi connectivity index (χ0n) is 20.5. The summed E-state index contributed by atoms with van der Waals surface area (Å²) < 4.78 is 5.14. The van der Waals surface area contributed by atoms with E-state index in [0.29, 0.717) is 50.2 Å². The third-order valence-corrected chi connectivity index (χ3v) is 8.27. The molecule has 3 aliphatic rings. The molecule has 9 heteroatoms. The van der Waals surface area contributed by atoms with Crippen LogP contribution in [-0.4, -0.2) is 66.3 Å². The number of nitrogens with zero attached hydrogens (tertiary/aromatic N) is 3. The van der Waals surface area contributed by atoms with Crippen LogP contribution < -0.4 is 4.90 Å². The standard InChI is InChI=1S/C27H31N3O5S/c1-2-35-27(34)18-10-13-28(14-11-18)24(31)19-6-4-12-29(16-19)22-9-3-8-21-23(22)26(33)30(25(21)32)17-20-7-5-15-36-20/h3,5,7-9,15,18-19H,2,4,6,10-14,16-17H2,1H3/t19-/m0/s1. The summed E-state index contributed by atoms with van der Waals surface area (Å²) in [5, 5.41) is 1.93. The predicted octanol–water partition coefficient (Wildman–Crippen LogP) is 3.56. The maximum absolute atomic E-state index is 13.4. The highest BCUT2D eigenvalue weighted by atomic mass is 32.1. The van der Waals surface area contributed by atoms with E-state index in [4.69, 9.17) is 4.74 Å². The summed E-state index contributed by atoms with van der Waals surface area (Å²) in [6, 6.07) is 9.25. The van der Waals surface area contributed by atoms with Crippen LogP contribution in [0.1, 0.15) is 58.2 Å². The molecule has 190 valence electrons. The lowest BCUT2D eigenvalue weighted by Crippen LogP contribution is -2.48. The fraction of sp³-hybridized carbons (Fsp3) is 0.481. The molecule has 8 nitrogen and oxygen atoms in total. The molecule has 5 rings (SSSR count). The number of hydrogen-bond donors (Lipinski definition) is 0. The molecule has 1 aromatic carbocycles. The summed E-state index contributed by atoms with van der Waals surface area (Å²) in [5.41, 5.74) is 1.61. The molecule has 1 aromatic heterocycles. The van der Waals surface area contributed by atoms with Gasteiger partial charge in [0.2, 0.25) is 5.91 Å². The molecule has 2 fully saturated rings. The Morgan fingerprint density at radius 2 is 1.81 bits per heavy atom. The number of anilines is 1. The predicted molar refractivity (Wildman–Crippen MR) is 136 cm³/mol. The molecule has 2 aromatic rings. The first-order chi connectivity index (χ1) is 17.5. The molecular formula is C27H31N3O5S. The summed E-state index contributed by atoms with van der Waals surface area (Å²) >= 11 is 1.52. The van der Waals surface area contributed by atoms with Gasteiger partial charge in [-0.05, 0) is 56.2 Å². The molecule has 36 heavy (non-hydrogen) atoms. The van der Waals surface area contributed by atoms with Gasteiger partial charge in [-0.2, -0.15) is 0 Å². The summed E-state index contributed by atoms with van der Waals surface area (Å²) in [6.07, 6.45) is 2.88. The Hall–Kier alpha value is -3.20. The molecule has 0 spiro atoms. The van der Waals surface area contributed by atoms with Crippen molar-refractivity contribution in [3.05, 3.63) is 51.7 Å². The number of fused-ring (bicyclic) bond motifs is 1. The molecule has 2 saturated heterocycles. The molecule has 0 saturated carbocycles. The van der Waals surface area contributed by atoms with Crippen LogP contribution >= 0.6 is 11.3 Å². The summed E-state index contributed by atoms with van der Waals surface area (Å²) in [7, 11) is 0. The monoisotopic (exact) mass is 509 g/mol. The van der Waals surface area contributed by atoms with E-state index in [9.17, 15) is 19.2 Å². The Balaban J connectivity index is 1.28. The van der Waals surface area contributed by atoms with E-state index in [2.05, 4.69) is 4.90 Å². The molecule has 3 amide bonds. The number of rotatable bonds is 6. The number of hydrogen-bond acceptors (Lipinski definition) is 7. The van der Waals surface area contributed by atoms with E-state index in [0.717, 1.165) is 30.0 Å². The van der Waals surface area contributed by atoms with Gasteiger partial charge < -0.3 is 14.5 Å². The van der Waals surface area contributed by atoms with Gasteiger partial charge in [0.05, 0.1) is 41.8 Å². The van der Waals surface area contributed by atoms with Crippen molar-refractivity contribution in [2.24, 2.45) is 11.8 Å². The number of thiophene rings is 1. The normalized spacial score (nSPS) is 20.6. The number of esters is 1. The number of imide groups is 1. The Kier molecular flexibility index (Phi) is 7.09. The van der Waals surface area contributed by atoms with Crippen LogP contribution in [0.15, 0.2) is 35.7 Å². The van der Waals surface area contributed by atoms with Crippen molar-refractivity contribution >= 4 is 40.7 Å². The Bertz CT molecular complexity index is 1160. The Morgan fingerprint density at radius 3 is 2.53 bits per heavy atom. The van der Waals surface area contributed by atoms with Gasteiger partial charge in [0, 0.05) is 31.1 Å². The summed E-state index contributed by atoms with van der Waals surface area (Å²) in [5.74, 6) is -0.907. The third kappa shape index (κ3) is 4.64. The first kappa shape index (κ1) is 24.5. The van der Waals surface area contributed by atoms with Gasteiger partial charge in [-0.1, -0.05) is 12.1 Å². The van der Waals surface area contributed by atoms with E-state index >= 15 is 0 Å². The van der Waals surface area contributed by atoms with E-state index in [1.807, 2.05) is 34.5 Å². The van der Waals surface area contributed by atoms with Crippen LogP contribution in [0.25, 0.3) is 0 Å². The number of carbonyl (C=O) groups excluding carboxylic acids is 4. The zero-order valence-corrected chi connectivity index (χ0v) is 21.3. The SMILES string of the molecule is CCOC(=O)C1CCN(C(=O)[C@H]2CCCN(c3cccc4c3C(=O)N(Cc3cccs3)C4=O)C2)CC1. The van der Waals surface area contributed by atoms with E-state index in [-0.39, 0.29) is 42.1 Å². The van der Waals surface area contributed by atoms with Crippen molar-refractivity contribution in [2.45, 2.75) is 39.2 Å². The maximum atomic E-state index is 13.4. The van der Waals surface area contributed by atoms with Crippen LogP contribution in [0, 0.1) is 11.8 Å². The minimum absolute atomic E-state index is 0.108. The lowest BCUT2D eigenvalue weighted by atomic mass is 9.92. The summed E-state index contributed by atoms with van der Waals surface area (Å²) in [6.45, 7) is 4.81. The molecule has 0 N–H and O–H groups in total. The fourth-order valence-corrected chi connectivity index (χ4v) is 6.23. The first-order valence-corrected chi connectivity index (χ1v) is 13.6. The Morgan fingerprint density at radius 1 is 1.00 bits per heavy atom. The fourth-order valence-electron chi connectivity index (χ4n) is 5.53. The minimum atomic E-state index is -0.270. The van der Waals surface area contributed by atoms with Gasteiger partial charge in [-0.3, -0.25) is 24.1 Å². The van der Waals surface area contributed by atoms with Crippen LogP contribution in [0.5, 0.6) is 0 Å². The van der Waals surface area contributed by atoms with Crippen LogP contribution in [0.2, 0.25) is 0 Å². The van der Waals surface area contributed by atoms with Gasteiger partial charge in [-0.25, -0.2) is 0 Å². The molecule has 4 heterocycles. The minimum Gasteiger partial charge on any atom is -0.466 e. The van der Waals surface area contributed by atoms with Crippen molar-refractivity contribution in [3.63, 3.8) is 0 Å². The van der Waals surface area contributed by atoms with Gasteiger partial charge in [0.25, 0.3) is 11.8 Å². The van der Waals surface area contributed by atoms with Gasteiger partial charge in [0.1, 0.15) is 0 Å². The second kappa shape index (κ2) is 10.4. The van der Waals surface area contributed by atoms with E-state index in [1.165, 1.54) is 16.2 Å². The average Bonchev–Trinajstić information content (AvgIpc) is 3.51. The third-order valence-electron chi connectivity index (χ3n) is 7.41. The van der Waals surface area contributed by atoms with Gasteiger partial charge >= 0.3 is 5.97 Å². The highest BCUT2D eigenvalue weighted by molar-refractivity contribution is 7.09. The largest absolute Gasteiger partial charge is 0.466 e. The number of ether oxygens (including phenoxy) is 1. The molecule has 0 unspecified atom stereocenters. The topological polar surface area (TPSA) is 87.2 Å². The highest BCUT2D eigenvalue weighted by Crippen LogP contribution is 2.35. The molecule has 1 atom stereocenters. The smallest absolute Gasteiger partial charge is 0.309 e. The van der Waals surface area contributed by atoms with Gasteiger partial charge in [-0.15, -0.1) is 11.3 Å². The number of amides is 3. The lowest BCUT2D eigenvalue weighted by molar-refractivity contribution is -0.151. The average molecular weight is 510 g/mol. The van der Waals surface area contributed by atoms with Crippen molar-refractivity contribution < 1.29 is 23.9 Å².